The van der Waals surface area contributed by atoms with Crippen molar-refractivity contribution < 1.29 is 23.7 Å². The highest BCUT2D eigenvalue weighted by molar-refractivity contribution is 7.58. The van der Waals surface area contributed by atoms with E-state index in [1.54, 1.807) is 43.4 Å². The summed E-state index contributed by atoms with van der Waals surface area (Å²) in [4.78, 5) is 13.8. The van der Waals surface area contributed by atoms with E-state index in [4.69, 9.17) is 9.26 Å². The van der Waals surface area contributed by atoms with Crippen molar-refractivity contribution in [2.45, 2.75) is 5.78 Å². The molecule has 2 amide bonds. The molecule has 8 heteroatoms. The lowest BCUT2D eigenvalue weighted by Gasteiger charge is -2.26. The fourth-order valence-corrected chi connectivity index (χ4v) is 5.27. The lowest BCUT2D eigenvalue weighted by Crippen LogP contribution is -2.26. The molecule has 0 aliphatic carbocycles. The van der Waals surface area contributed by atoms with Crippen LogP contribution in [0.3, 0.4) is 0 Å². The van der Waals surface area contributed by atoms with Crippen molar-refractivity contribution in [2.75, 3.05) is 21.2 Å². The number of carbonyl (C=O) groups is 1. The van der Waals surface area contributed by atoms with E-state index in [9.17, 15) is 14.5 Å². The third-order valence-corrected chi connectivity index (χ3v) is 6.90. The first-order valence-corrected chi connectivity index (χ1v) is 9.25. The Kier molecular flexibility index (Phi) is 4.35. The number of phenolic OH excluding ortho intramolecular Hbond substituents is 1. The van der Waals surface area contributed by atoms with Crippen molar-refractivity contribution >= 4 is 13.6 Å². The summed E-state index contributed by atoms with van der Waals surface area (Å²) in [5.41, 5.74) is 0.550. The Labute approximate surface area is 145 Å². The predicted octanol–water partition coefficient (Wildman–Crippen LogP) is 3.67. The van der Waals surface area contributed by atoms with Crippen molar-refractivity contribution in [3.8, 4) is 17.2 Å². The summed E-state index contributed by atoms with van der Waals surface area (Å²) in [6.45, 7) is 0. The number of methoxy groups -OCH3 is 1. The first kappa shape index (κ1) is 17.2. The number of hydrogen-bond donors (Lipinski definition) is 1. The summed E-state index contributed by atoms with van der Waals surface area (Å²) in [7, 11) is 0.850. The second kappa shape index (κ2) is 6.33. The van der Waals surface area contributed by atoms with Crippen molar-refractivity contribution in [3.63, 3.8) is 0 Å². The monoisotopic (exact) mass is 362 g/mol. The minimum Gasteiger partial charge on any atom is -0.504 e. The van der Waals surface area contributed by atoms with Gasteiger partial charge in [0.2, 0.25) is 0 Å². The highest BCUT2D eigenvalue weighted by Gasteiger charge is 2.54. The molecule has 3 rings (SSSR count). The maximum atomic E-state index is 13.7. The average molecular weight is 362 g/mol. The number of phenols is 1. The van der Waals surface area contributed by atoms with Crippen LogP contribution in [0.5, 0.6) is 17.2 Å². The Morgan fingerprint density at radius 1 is 1.12 bits per heavy atom. The van der Waals surface area contributed by atoms with Gasteiger partial charge >= 0.3 is 13.6 Å². The Balaban J connectivity index is 2.08. The van der Waals surface area contributed by atoms with E-state index in [1.807, 2.05) is 6.07 Å². The van der Waals surface area contributed by atoms with Crippen LogP contribution in [-0.4, -0.2) is 41.9 Å². The number of nitrogens with zero attached hydrogens (tertiary/aromatic N) is 2. The highest BCUT2D eigenvalue weighted by atomic mass is 31.2. The number of rotatable bonds is 4. The summed E-state index contributed by atoms with van der Waals surface area (Å²) in [6.07, 6.45) is 0. The Hall–Kier alpha value is -2.66. The molecule has 2 unspecified atom stereocenters. The summed E-state index contributed by atoms with van der Waals surface area (Å²) in [5.74, 6) is -0.208. The van der Waals surface area contributed by atoms with Gasteiger partial charge in [0.1, 0.15) is 5.75 Å². The van der Waals surface area contributed by atoms with Crippen LogP contribution in [-0.2, 0) is 4.57 Å². The van der Waals surface area contributed by atoms with E-state index < -0.39 is 19.3 Å². The molecule has 1 saturated heterocycles. The summed E-state index contributed by atoms with van der Waals surface area (Å²) >= 11 is 0. The maximum Gasteiger partial charge on any atom is 0.373 e. The molecular weight excluding hydrogens is 343 g/mol. The van der Waals surface area contributed by atoms with Gasteiger partial charge in [-0.2, -0.15) is 0 Å². The number of benzene rings is 2. The maximum absolute atomic E-state index is 13.7. The van der Waals surface area contributed by atoms with E-state index in [1.165, 1.54) is 25.1 Å². The van der Waals surface area contributed by atoms with Gasteiger partial charge in [-0.15, -0.1) is 0 Å². The van der Waals surface area contributed by atoms with Gasteiger partial charge in [-0.1, -0.05) is 24.3 Å². The van der Waals surface area contributed by atoms with Crippen molar-refractivity contribution in [1.82, 2.24) is 9.57 Å². The molecule has 0 radical (unpaired) electrons. The van der Waals surface area contributed by atoms with Crippen LogP contribution in [0.1, 0.15) is 11.3 Å². The SMILES string of the molecule is COc1cc(C2N(C)C(=O)N(C)P2(=O)Oc2ccccc2)ccc1O. The zero-order chi connectivity index (χ0) is 18.2. The van der Waals surface area contributed by atoms with Crippen LogP contribution in [0.25, 0.3) is 0 Å². The van der Waals surface area contributed by atoms with Gasteiger partial charge < -0.3 is 19.3 Å². The summed E-state index contributed by atoms with van der Waals surface area (Å²) in [6, 6.07) is 12.9. The molecule has 1 heterocycles. The Morgan fingerprint density at radius 2 is 1.80 bits per heavy atom. The smallest absolute Gasteiger partial charge is 0.373 e. The van der Waals surface area contributed by atoms with Crippen molar-refractivity contribution in [3.05, 3.63) is 54.1 Å². The minimum absolute atomic E-state index is 0.0367. The lowest BCUT2D eigenvalue weighted by molar-refractivity contribution is 0.202. The fraction of sp³-hybridized carbons (Fsp3) is 0.235. The van der Waals surface area contributed by atoms with Gasteiger partial charge in [-0.3, -0.25) is 4.57 Å². The summed E-state index contributed by atoms with van der Waals surface area (Å²) < 4.78 is 25.8. The van der Waals surface area contributed by atoms with Gasteiger partial charge in [0.05, 0.1) is 7.11 Å². The number of ether oxygens (including phenoxy) is 1. The second-order valence-electron chi connectivity index (χ2n) is 5.69. The van der Waals surface area contributed by atoms with E-state index in [2.05, 4.69) is 0 Å². The zero-order valence-electron chi connectivity index (χ0n) is 14.1. The average Bonchev–Trinajstić information content (AvgIpc) is 2.77. The number of hydrogen-bond acceptors (Lipinski definition) is 5. The van der Waals surface area contributed by atoms with E-state index >= 15 is 0 Å². The molecule has 1 N–H and O–H groups in total. The topological polar surface area (TPSA) is 79.3 Å². The molecule has 7 nitrogen and oxygen atoms in total. The predicted molar refractivity (Wildman–Crippen MR) is 93.0 cm³/mol. The Morgan fingerprint density at radius 3 is 2.44 bits per heavy atom. The summed E-state index contributed by atoms with van der Waals surface area (Å²) in [5, 5.41) is 9.80. The van der Waals surface area contributed by atoms with Gasteiger partial charge in [-0.05, 0) is 29.8 Å². The lowest BCUT2D eigenvalue weighted by atomic mass is 10.2. The Bertz CT molecular complexity index is 842. The minimum atomic E-state index is -3.60. The first-order valence-electron chi connectivity index (χ1n) is 7.60. The molecular formula is C17H19N2O5P. The molecule has 0 bridgehead atoms. The van der Waals surface area contributed by atoms with Gasteiger partial charge in [0, 0.05) is 14.1 Å². The molecule has 2 aromatic carbocycles. The molecule has 132 valence electrons. The largest absolute Gasteiger partial charge is 0.504 e. The molecule has 1 aliphatic rings. The number of carbonyl (C=O) groups excluding carboxylic acids is 1. The van der Waals surface area contributed by atoms with Crippen LogP contribution in [0.4, 0.5) is 4.79 Å². The van der Waals surface area contributed by atoms with Crippen LogP contribution in [0.15, 0.2) is 48.5 Å². The molecule has 0 spiro atoms. The fourth-order valence-electron chi connectivity index (χ4n) is 2.85. The third kappa shape index (κ3) is 2.81. The van der Waals surface area contributed by atoms with Crippen LogP contribution >= 0.6 is 7.52 Å². The molecule has 1 aliphatic heterocycles. The van der Waals surface area contributed by atoms with Gasteiger partial charge in [-0.25, -0.2) is 9.46 Å². The van der Waals surface area contributed by atoms with E-state index in [-0.39, 0.29) is 11.5 Å². The van der Waals surface area contributed by atoms with Crippen molar-refractivity contribution in [1.29, 1.82) is 0 Å². The van der Waals surface area contributed by atoms with E-state index in [0.717, 1.165) is 4.67 Å². The molecule has 0 saturated carbocycles. The highest BCUT2D eigenvalue weighted by Crippen LogP contribution is 2.67. The molecule has 1 fully saturated rings. The van der Waals surface area contributed by atoms with Gasteiger partial charge in [0.15, 0.2) is 17.3 Å². The van der Waals surface area contributed by atoms with Gasteiger partial charge in [0.25, 0.3) is 0 Å². The number of aromatic hydroxyl groups is 1. The van der Waals surface area contributed by atoms with Crippen LogP contribution in [0.2, 0.25) is 0 Å². The van der Waals surface area contributed by atoms with Crippen LogP contribution in [0, 0.1) is 0 Å². The second-order valence-corrected chi connectivity index (χ2v) is 8.09. The first-order chi connectivity index (χ1) is 11.9. The number of amides is 2. The standard InChI is InChI=1S/C17H19N2O5P/c1-18-16(12-9-10-14(20)15(11-12)23-3)25(22,19(2)17(18)21)24-13-7-5-4-6-8-13/h4-11,16,20H,1-3H3. The molecule has 2 aromatic rings. The number of urea groups is 1. The van der Waals surface area contributed by atoms with Crippen molar-refractivity contribution in [2.24, 2.45) is 0 Å². The van der Waals surface area contributed by atoms with Crippen LogP contribution < -0.4 is 9.26 Å². The molecule has 25 heavy (non-hydrogen) atoms. The van der Waals surface area contributed by atoms with E-state index in [0.29, 0.717) is 11.3 Å². The zero-order valence-corrected chi connectivity index (χ0v) is 15.0. The molecule has 2 atom stereocenters. The quantitative estimate of drug-likeness (QED) is 0.840. The normalized spacial score (nSPS) is 23.0. The third-order valence-electron chi connectivity index (χ3n) is 4.15. The molecule has 0 aromatic heterocycles. The number of para-hydroxylation sites is 1.